The standard InChI is InChI=1S/C15H12BrFN4O/c16-12-6-2-1-5-11(12)15-18-20-21(19-15)9-10-22-14-8-4-3-7-13(14)17/h1-8H,9-10H2. The minimum Gasteiger partial charge on any atom is -0.489 e. The predicted molar refractivity (Wildman–Crippen MR) is 82.8 cm³/mol. The van der Waals surface area contributed by atoms with Crippen molar-refractivity contribution in [3.8, 4) is 17.1 Å². The van der Waals surface area contributed by atoms with Gasteiger partial charge in [0.15, 0.2) is 11.6 Å². The predicted octanol–water partition coefficient (Wildman–Crippen LogP) is 3.32. The molecule has 0 radical (unpaired) electrons. The van der Waals surface area contributed by atoms with Crippen molar-refractivity contribution in [3.05, 3.63) is 58.8 Å². The van der Waals surface area contributed by atoms with Crippen LogP contribution in [0.5, 0.6) is 5.75 Å². The summed E-state index contributed by atoms with van der Waals surface area (Å²) in [6, 6.07) is 13.9. The lowest BCUT2D eigenvalue weighted by Crippen LogP contribution is -2.11. The Labute approximate surface area is 134 Å². The van der Waals surface area contributed by atoms with Gasteiger partial charge >= 0.3 is 0 Å². The second-order valence-electron chi connectivity index (χ2n) is 4.47. The van der Waals surface area contributed by atoms with Crippen molar-refractivity contribution in [2.24, 2.45) is 0 Å². The van der Waals surface area contributed by atoms with Crippen LogP contribution in [0.25, 0.3) is 11.4 Å². The van der Waals surface area contributed by atoms with Crippen LogP contribution < -0.4 is 4.74 Å². The van der Waals surface area contributed by atoms with E-state index >= 15 is 0 Å². The van der Waals surface area contributed by atoms with E-state index < -0.39 is 0 Å². The normalized spacial score (nSPS) is 10.6. The summed E-state index contributed by atoms with van der Waals surface area (Å²) >= 11 is 3.45. The summed E-state index contributed by atoms with van der Waals surface area (Å²) in [7, 11) is 0. The van der Waals surface area contributed by atoms with Crippen molar-refractivity contribution in [3.63, 3.8) is 0 Å². The Bertz CT molecular complexity index is 777. The van der Waals surface area contributed by atoms with Gasteiger partial charge in [0.05, 0.1) is 6.54 Å². The average molecular weight is 363 g/mol. The molecule has 7 heteroatoms. The molecule has 0 bridgehead atoms. The molecule has 0 saturated carbocycles. The number of aromatic nitrogens is 4. The minimum absolute atomic E-state index is 0.216. The second-order valence-corrected chi connectivity index (χ2v) is 5.32. The fourth-order valence-corrected chi connectivity index (χ4v) is 2.35. The van der Waals surface area contributed by atoms with E-state index in [4.69, 9.17) is 4.74 Å². The smallest absolute Gasteiger partial charge is 0.206 e. The molecule has 0 spiro atoms. The Kier molecular flexibility index (Phi) is 4.43. The number of hydrogen-bond donors (Lipinski definition) is 0. The third-order valence-corrected chi connectivity index (χ3v) is 3.64. The molecule has 2 aromatic carbocycles. The van der Waals surface area contributed by atoms with Gasteiger partial charge in [0.25, 0.3) is 0 Å². The van der Waals surface area contributed by atoms with Gasteiger partial charge in [-0.25, -0.2) is 4.39 Å². The lowest BCUT2D eigenvalue weighted by molar-refractivity contribution is 0.268. The van der Waals surface area contributed by atoms with Crippen LogP contribution in [0.2, 0.25) is 0 Å². The van der Waals surface area contributed by atoms with Gasteiger partial charge in [-0.15, -0.1) is 10.2 Å². The Balaban J connectivity index is 1.63. The van der Waals surface area contributed by atoms with E-state index in [0.29, 0.717) is 12.4 Å². The molecule has 0 fully saturated rings. The van der Waals surface area contributed by atoms with Crippen molar-refractivity contribution < 1.29 is 9.13 Å². The molecule has 0 aliphatic carbocycles. The topological polar surface area (TPSA) is 52.8 Å². The van der Waals surface area contributed by atoms with E-state index in [9.17, 15) is 4.39 Å². The zero-order valence-electron chi connectivity index (χ0n) is 11.5. The maximum Gasteiger partial charge on any atom is 0.206 e. The van der Waals surface area contributed by atoms with Crippen LogP contribution in [-0.4, -0.2) is 26.8 Å². The highest BCUT2D eigenvalue weighted by atomic mass is 79.9. The van der Waals surface area contributed by atoms with E-state index in [2.05, 4.69) is 31.3 Å². The third-order valence-electron chi connectivity index (χ3n) is 2.95. The van der Waals surface area contributed by atoms with Crippen LogP contribution in [0, 0.1) is 5.82 Å². The Hall–Kier alpha value is -2.28. The first-order valence-corrected chi connectivity index (χ1v) is 7.43. The molecule has 0 saturated heterocycles. The molecule has 0 aliphatic heterocycles. The summed E-state index contributed by atoms with van der Waals surface area (Å²) in [6.07, 6.45) is 0. The van der Waals surface area contributed by atoms with Gasteiger partial charge in [0.2, 0.25) is 5.82 Å². The number of nitrogens with zero attached hydrogens (tertiary/aromatic N) is 4. The monoisotopic (exact) mass is 362 g/mol. The average Bonchev–Trinajstić information content (AvgIpc) is 2.98. The summed E-state index contributed by atoms with van der Waals surface area (Å²) in [5.41, 5.74) is 0.865. The SMILES string of the molecule is Fc1ccccc1OCCn1nnc(-c2ccccc2Br)n1. The summed E-state index contributed by atoms with van der Waals surface area (Å²) in [5, 5.41) is 12.3. The van der Waals surface area contributed by atoms with Gasteiger partial charge in [-0.1, -0.05) is 40.2 Å². The van der Waals surface area contributed by atoms with Crippen molar-refractivity contribution in [1.29, 1.82) is 0 Å². The summed E-state index contributed by atoms with van der Waals surface area (Å²) in [4.78, 5) is 1.43. The first-order chi connectivity index (χ1) is 10.7. The molecule has 0 unspecified atom stereocenters. The van der Waals surface area contributed by atoms with E-state index in [0.717, 1.165) is 10.0 Å². The zero-order chi connectivity index (χ0) is 15.4. The number of halogens is 2. The van der Waals surface area contributed by atoms with Gasteiger partial charge in [-0.05, 0) is 29.5 Å². The van der Waals surface area contributed by atoms with Crippen LogP contribution in [0.3, 0.4) is 0 Å². The maximum atomic E-state index is 13.4. The molecule has 0 atom stereocenters. The molecule has 0 N–H and O–H groups in total. The molecule has 1 aromatic heterocycles. The minimum atomic E-state index is -0.386. The summed E-state index contributed by atoms with van der Waals surface area (Å²) < 4.78 is 19.7. The number of tetrazole rings is 1. The van der Waals surface area contributed by atoms with Crippen LogP contribution in [0.15, 0.2) is 53.0 Å². The Morgan fingerprint density at radius 1 is 1.09 bits per heavy atom. The molecule has 1 heterocycles. The lowest BCUT2D eigenvalue weighted by Gasteiger charge is -2.05. The van der Waals surface area contributed by atoms with Gasteiger partial charge in [0.1, 0.15) is 6.61 Å². The van der Waals surface area contributed by atoms with Gasteiger partial charge in [0, 0.05) is 10.0 Å². The quantitative estimate of drug-likeness (QED) is 0.698. The number of benzene rings is 2. The summed E-state index contributed by atoms with van der Waals surface area (Å²) in [5.74, 6) is 0.356. The molecule has 0 aliphatic rings. The molecule has 3 aromatic rings. The molecule has 5 nitrogen and oxygen atoms in total. The fourth-order valence-electron chi connectivity index (χ4n) is 1.89. The van der Waals surface area contributed by atoms with Crippen molar-refractivity contribution in [2.45, 2.75) is 6.54 Å². The lowest BCUT2D eigenvalue weighted by atomic mass is 10.2. The zero-order valence-corrected chi connectivity index (χ0v) is 13.1. The largest absolute Gasteiger partial charge is 0.489 e. The third kappa shape index (κ3) is 3.30. The Morgan fingerprint density at radius 3 is 2.68 bits per heavy atom. The molecule has 22 heavy (non-hydrogen) atoms. The van der Waals surface area contributed by atoms with Crippen molar-refractivity contribution in [1.82, 2.24) is 20.2 Å². The van der Waals surface area contributed by atoms with Crippen LogP contribution in [-0.2, 0) is 6.54 Å². The number of para-hydroxylation sites is 1. The molecule has 112 valence electrons. The molecule has 0 amide bonds. The molecule has 3 rings (SSSR count). The van der Waals surface area contributed by atoms with E-state index in [-0.39, 0.29) is 18.2 Å². The fraction of sp³-hybridized carbons (Fsp3) is 0.133. The van der Waals surface area contributed by atoms with Crippen molar-refractivity contribution in [2.75, 3.05) is 6.61 Å². The van der Waals surface area contributed by atoms with Gasteiger partial charge < -0.3 is 4.74 Å². The van der Waals surface area contributed by atoms with Crippen LogP contribution in [0.4, 0.5) is 4.39 Å². The number of rotatable bonds is 5. The van der Waals surface area contributed by atoms with E-state index in [1.807, 2.05) is 24.3 Å². The van der Waals surface area contributed by atoms with E-state index in [1.165, 1.54) is 10.9 Å². The highest BCUT2D eigenvalue weighted by Crippen LogP contribution is 2.24. The number of ether oxygens (including phenoxy) is 1. The maximum absolute atomic E-state index is 13.4. The first kappa shape index (κ1) is 14.6. The van der Waals surface area contributed by atoms with Gasteiger partial charge in [-0.3, -0.25) is 0 Å². The summed E-state index contributed by atoms with van der Waals surface area (Å²) in [6.45, 7) is 0.637. The number of hydrogen-bond acceptors (Lipinski definition) is 4. The molecular formula is C15H12BrFN4O. The van der Waals surface area contributed by atoms with Crippen molar-refractivity contribution >= 4 is 15.9 Å². The highest BCUT2D eigenvalue weighted by molar-refractivity contribution is 9.10. The van der Waals surface area contributed by atoms with Gasteiger partial charge in [-0.2, -0.15) is 4.80 Å². The second kappa shape index (κ2) is 6.65. The Morgan fingerprint density at radius 2 is 1.86 bits per heavy atom. The van der Waals surface area contributed by atoms with Crippen LogP contribution in [0.1, 0.15) is 0 Å². The molecular weight excluding hydrogens is 351 g/mol. The highest BCUT2D eigenvalue weighted by Gasteiger charge is 2.09. The van der Waals surface area contributed by atoms with E-state index in [1.54, 1.807) is 18.2 Å². The first-order valence-electron chi connectivity index (χ1n) is 6.64. The van der Waals surface area contributed by atoms with Crippen LogP contribution >= 0.6 is 15.9 Å².